The van der Waals surface area contributed by atoms with Crippen LogP contribution in [0.5, 0.6) is 0 Å². The third-order valence-corrected chi connectivity index (χ3v) is 5.92. The molecule has 1 aromatic heterocycles. The highest BCUT2D eigenvalue weighted by Gasteiger charge is 2.43. The highest BCUT2D eigenvalue weighted by atomic mass is 35.5. The minimum atomic E-state index is -0.0791. The van der Waals surface area contributed by atoms with Crippen molar-refractivity contribution in [3.63, 3.8) is 0 Å². The van der Waals surface area contributed by atoms with Gasteiger partial charge in [-0.25, -0.2) is 0 Å². The lowest BCUT2D eigenvalue weighted by atomic mass is 9.79. The van der Waals surface area contributed by atoms with Crippen molar-refractivity contribution < 1.29 is 9.47 Å². The molecule has 0 saturated carbocycles. The molecule has 112 valence electrons. The molecule has 3 heterocycles. The third kappa shape index (κ3) is 2.87. The third-order valence-electron chi connectivity index (χ3n) is 4.40. The number of hydrogen-bond acceptors (Lipinski definition) is 4. The maximum atomic E-state index is 6.33. The van der Waals surface area contributed by atoms with Crippen LogP contribution in [0.15, 0.2) is 6.07 Å². The molecule has 2 fully saturated rings. The summed E-state index contributed by atoms with van der Waals surface area (Å²) in [5, 5.41) is 3.42. The van der Waals surface area contributed by atoms with Crippen molar-refractivity contribution in [2.45, 2.75) is 30.9 Å². The summed E-state index contributed by atoms with van der Waals surface area (Å²) in [5.41, 5.74) is 1.04. The second-order valence-corrected chi connectivity index (χ2v) is 7.92. The fourth-order valence-electron chi connectivity index (χ4n) is 3.42. The number of ether oxygens (including phenoxy) is 2. The number of nitrogens with one attached hydrogen (secondary N) is 1. The molecule has 2 saturated heterocycles. The Bertz CT molecular complexity index is 474. The summed E-state index contributed by atoms with van der Waals surface area (Å²) >= 11 is 13.9. The topological polar surface area (TPSA) is 30.5 Å². The molecule has 0 radical (unpaired) electrons. The van der Waals surface area contributed by atoms with E-state index in [-0.39, 0.29) is 11.6 Å². The smallest absolute Gasteiger partial charge is 0.0992 e. The molecule has 2 aliphatic rings. The van der Waals surface area contributed by atoms with Crippen LogP contribution in [0, 0.1) is 5.92 Å². The summed E-state index contributed by atoms with van der Waals surface area (Å²) in [6.07, 6.45) is 3.05. The molecule has 3 nitrogen and oxygen atoms in total. The van der Waals surface area contributed by atoms with Gasteiger partial charge in [0.2, 0.25) is 0 Å². The van der Waals surface area contributed by atoms with Crippen LogP contribution in [-0.2, 0) is 9.47 Å². The van der Waals surface area contributed by atoms with Crippen molar-refractivity contribution in [3.05, 3.63) is 20.3 Å². The van der Waals surface area contributed by atoms with Crippen molar-refractivity contribution in [3.8, 4) is 0 Å². The van der Waals surface area contributed by atoms with Gasteiger partial charge in [-0.3, -0.25) is 0 Å². The van der Waals surface area contributed by atoms with Crippen LogP contribution >= 0.6 is 34.5 Å². The van der Waals surface area contributed by atoms with Crippen LogP contribution in [0.4, 0.5) is 0 Å². The molecule has 6 heteroatoms. The maximum absolute atomic E-state index is 6.33. The highest BCUT2D eigenvalue weighted by molar-refractivity contribution is 7.20. The SMILES string of the molecule is CNC(c1cc(Cl)sc1Cl)C1CCOC2(CCOC2)C1. The van der Waals surface area contributed by atoms with Gasteiger partial charge < -0.3 is 14.8 Å². The lowest BCUT2D eigenvalue weighted by Crippen LogP contribution is -2.43. The first-order chi connectivity index (χ1) is 9.63. The summed E-state index contributed by atoms with van der Waals surface area (Å²) in [5.74, 6) is 0.499. The molecule has 0 aliphatic carbocycles. The summed E-state index contributed by atoms with van der Waals surface area (Å²) in [6, 6.07) is 2.22. The van der Waals surface area contributed by atoms with E-state index in [4.69, 9.17) is 32.7 Å². The van der Waals surface area contributed by atoms with Gasteiger partial charge in [0.05, 0.1) is 20.9 Å². The van der Waals surface area contributed by atoms with Crippen molar-refractivity contribution >= 4 is 34.5 Å². The van der Waals surface area contributed by atoms with Crippen LogP contribution in [-0.4, -0.2) is 32.5 Å². The second kappa shape index (κ2) is 6.11. The number of halogens is 2. The zero-order chi connectivity index (χ0) is 14.2. The highest BCUT2D eigenvalue weighted by Crippen LogP contribution is 2.44. The van der Waals surface area contributed by atoms with E-state index in [9.17, 15) is 0 Å². The van der Waals surface area contributed by atoms with Gasteiger partial charge >= 0.3 is 0 Å². The van der Waals surface area contributed by atoms with E-state index in [1.165, 1.54) is 11.3 Å². The minimum absolute atomic E-state index is 0.0791. The molecule has 0 bridgehead atoms. The molecule has 1 aromatic rings. The van der Waals surface area contributed by atoms with E-state index in [1.807, 2.05) is 13.1 Å². The standard InChI is InChI=1S/C14H19Cl2NO2S/c1-17-12(10-6-11(15)20-13(10)16)9-2-4-19-14(7-9)3-5-18-8-14/h6,9,12,17H,2-5,7-8H2,1H3. The summed E-state index contributed by atoms with van der Waals surface area (Å²) in [4.78, 5) is 0. The van der Waals surface area contributed by atoms with Crippen molar-refractivity contribution in [1.82, 2.24) is 5.32 Å². The first kappa shape index (κ1) is 15.1. The molecule has 20 heavy (non-hydrogen) atoms. The van der Waals surface area contributed by atoms with Gasteiger partial charge in [0.15, 0.2) is 0 Å². The Labute approximate surface area is 133 Å². The van der Waals surface area contributed by atoms with Gasteiger partial charge in [-0.1, -0.05) is 23.2 Å². The molecule has 3 rings (SSSR count). The number of hydrogen-bond donors (Lipinski definition) is 1. The predicted octanol–water partition coefficient (Wildman–Crippen LogP) is 3.90. The normalized spacial score (nSPS) is 31.9. The maximum Gasteiger partial charge on any atom is 0.0992 e. The molecule has 2 aliphatic heterocycles. The zero-order valence-electron chi connectivity index (χ0n) is 11.5. The van der Waals surface area contributed by atoms with E-state index >= 15 is 0 Å². The van der Waals surface area contributed by atoms with Gasteiger partial charge in [-0.2, -0.15) is 0 Å². The van der Waals surface area contributed by atoms with E-state index in [0.717, 1.165) is 53.3 Å². The lowest BCUT2D eigenvalue weighted by Gasteiger charge is -2.40. The van der Waals surface area contributed by atoms with Gasteiger partial charge in [0.1, 0.15) is 0 Å². The predicted molar refractivity (Wildman–Crippen MR) is 83.0 cm³/mol. The van der Waals surface area contributed by atoms with Gasteiger partial charge in [-0.05, 0) is 31.9 Å². The van der Waals surface area contributed by atoms with Crippen molar-refractivity contribution in [2.24, 2.45) is 5.92 Å². The van der Waals surface area contributed by atoms with E-state index < -0.39 is 0 Å². The molecule has 3 unspecified atom stereocenters. The van der Waals surface area contributed by atoms with E-state index in [0.29, 0.717) is 5.92 Å². The average Bonchev–Trinajstić information content (AvgIpc) is 2.99. The average molecular weight is 336 g/mol. The number of rotatable bonds is 3. The largest absolute Gasteiger partial charge is 0.378 e. The van der Waals surface area contributed by atoms with Crippen LogP contribution in [0.2, 0.25) is 8.67 Å². The quantitative estimate of drug-likeness (QED) is 0.908. The first-order valence-electron chi connectivity index (χ1n) is 6.97. The fraction of sp³-hybridized carbons (Fsp3) is 0.714. The van der Waals surface area contributed by atoms with E-state index in [1.54, 1.807) is 0 Å². The molecule has 0 amide bonds. The van der Waals surface area contributed by atoms with Crippen LogP contribution in [0.3, 0.4) is 0 Å². The molecular weight excluding hydrogens is 317 g/mol. The Hall–Kier alpha value is 0.160. The molecule has 3 atom stereocenters. The van der Waals surface area contributed by atoms with Crippen LogP contribution in [0.1, 0.15) is 30.9 Å². The molecular formula is C14H19Cl2NO2S. The lowest BCUT2D eigenvalue weighted by molar-refractivity contribution is -0.103. The van der Waals surface area contributed by atoms with E-state index in [2.05, 4.69) is 5.32 Å². The van der Waals surface area contributed by atoms with Gasteiger partial charge in [-0.15, -0.1) is 11.3 Å². The summed E-state index contributed by atoms with van der Waals surface area (Å²) < 4.78 is 13.1. The Morgan fingerprint density at radius 1 is 1.45 bits per heavy atom. The Morgan fingerprint density at radius 3 is 2.90 bits per heavy atom. The summed E-state index contributed by atoms with van der Waals surface area (Å²) in [7, 11) is 1.99. The Balaban J connectivity index is 1.80. The zero-order valence-corrected chi connectivity index (χ0v) is 13.8. The van der Waals surface area contributed by atoms with Crippen molar-refractivity contribution in [2.75, 3.05) is 26.9 Å². The first-order valence-corrected chi connectivity index (χ1v) is 8.54. The molecule has 0 aromatic carbocycles. The van der Waals surface area contributed by atoms with Crippen molar-refractivity contribution in [1.29, 1.82) is 0 Å². The number of thiophene rings is 1. The molecule has 1 N–H and O–H groups in total. The Kier molecular flexibility index (Phi) is 4.60. The fourth-order valence-corrected chi connectivity index (χ4v) is 4.97. The second-order valence-electron chi connectivity index (χ2n) is 5.63. The van der Waals surface area contributed by atoms with Gasteiger partial charge in [0.25, 0.3) is 0 Å². The summed E-state index contributed by atoms with van der Waals surface area (Å²) in [6.45, 7) is 2.32. The van der Waals surface area contributed by atoms with Gasteiger partial charge in [0, 0.05) is 31.2 Å². The monoisotopic (exact) mass is 335 g/mol. The Morgan fingerprint density at radius 2 is 2.30 bits per heavy atom. The minimum Gasteiger partial charge on any atom is -0.378 e. The van der Waals surface area contributed by atoms with Crippen LogP contribution in [0.25, 0.3) is 0 Å². The molecule has 1 spiro atoms. The van der Waals surface area contributed by atoms with Crippen LogP contribution < -0.4 is 5.32 Å².